The van der Waals surface area contributed by atoms with Gasteiger partial charge in [-0.2, -0.15) is 0 Å². The van der Waals surface area contributed by atoms with Crippen molar-refractivity contribution < 1.29 is 4.74 Å². The van der Waals surface area contributed by atoms with Crippen molar-refractivity contribution in [3.63, 3.8) is 0 Å². The number of rotatable bonds is 3. The molecule has 19 heavy (non-hydrogen) atoms. The average Bonchev–Trinajstić information content (AvgIpc) is 2.83. The summed E-state index contributed by atoms with van der Waals surface area (Å²) in [6.45, 7) is 0.327. The van der Waals surface area contributed by atoms with E-state index < -0.39 is 0 Å². The number of nitrogen functional groups attached to an aromatic ring is 1. The number of nitrogens with two attached hydrogens (primary N) is 1. The molecule has 0 aliphatic heterocycles. The molecular formula is C13H11BrN4O. The number of nitrogens with zero attached hydrogens (tertiary/aromatic N) is 3. The monoisotopic (exact) mass is 318 g/mol. The van der Waals surface area contributed by atoms with E-state index in [0.29, 0.717) is 23.8 Å². The van der Waals surface area contributed by atoms with E-state index in [9.17, 15) is 0 Å². The van der Waals surface area contributed by atoms with Crippen molar-refractivity contribution in [2.45, 2.75) is 6.61 Å². The number of hydrogen-bond donors (Lipinski definition) is 1. The maximum Gasteiger partial charge on any atom is 0.184 e. The highest BCUT2D eigenvalue weighted by molar-refractivity contribution is 9.10. The van der Waals surface area contributed by atoms with Gasteiger partial charge in [0.15, 0.2) is 11.5 Å². The Hall–Kier alpha value is -2.08. The topological polar surface area (TPSA) is 65.4 Å². The molecule has 96 valence electrons. The van der Waals surface area contributed by atoms with E-state index in [1.54, 1.807) is 6.07 Å². The fourth-order valence-electron chi connectivity index (χ4n) is 1.79. The third-order valence-electron chi connectivity index (χ3n) is 2.73. The summed E-state index contributed by atoms with van der Waals surface area (Å²) < 4.78 is 8.45. The van der Waals surface area contributed by atoms with Crippen LogP contribution in [0.1, 0.15) is 5.82 Å². The van der Waals surface area contributed by atoms with Crippen molar-refractivity contribution in [2.24, 2.45) is 0 Å². The van der Waals surface area contributed by atoms with Gasteiger partial charge in [0, 0.05) is 6.20 Å². The Morgan fingerprint density at radius 3 is 2.84 bits per heavy atom. The molecule has 2 aromatic heterocycles. The van der Waals surface area contributed by atoms with Crippen LogP contribution in [0.3, 0.4) is 0 Å². The number of hydrogen-bond acceptors (Lipinski definition) is 4. The molecular weight excluding hydrogens is 308 g/mol. The summed E-state index contributed by atoms with van der Waals surface area (Å²) in [5, 5.41) is 8.14. The van der Waals surface area contributed by atoms with Crippen molar-refractivity contribution in [1.29, 1.82) is 0 Å². The summed E-state index contributed by atoms with van der Waals surface area (Å²) in [6.07, 6.45) is 1.87. The van der Waals surface area contributed by atoms with Crippen LogP contribution in [0, 0.1) is 0 Å². The Kier molecular flexibility index (Phi) is 3.08. The van der Waals surface area contributed by atoms with E-state index in [4.69, 9.17) is 10.5 Å². The minimum absolute atomic E-state index is 0.327. The number of ether oxygens (including phenoxy) is 1. The van der Waals surface area contributed by atoms with Gasteiger partial charge < -0.3 is 10.5 Å². The summed E-state index contributed by atoms with van der Waals surface area (Å²) in [5.41, 5.74) is 7.07. The summed E-state index contributed by atoms with van der Waals surface area (Å²) >= 11 is 3.43. The van der Waals surface area contributed by atoms with Gasteiger partial charge >= 0.3 is 0 Å². The van der Waals surface area contributed by atoms with Crippen LogP contribution in [0.15, 0.2) is 47.1 Å². The molecule has 0 radical (unpaired) electrons. The smallest absolute Gasteiger partial charge is 0.184 e. The molecule has 0 bridgehead atoms. The van der Waals surface area contributed by atoms with Crippen LogP contribution in [0.2, 0.25) is 0 Å². The van der Waals surface area contributed by atoms with E-state index in [1.165, 1.54) is 0 Å². The molecule has 0 saturated carbocycles. The zero-order valence-corrected chi connectivity index (χ0v) is 11.5. The zero-order chi connectivity index (χ0) is 13.2. The maximum atomic E-state index is 5.83. The molecule has 0 amide bonds. The second-order valence-corrected chi connectivity index (χ2v) is 4.85. The van der Waals surface area contributed by atoms with E-state index >= 15 is 0 Å². The number of halogens is 1. The minimum Gasteiger partial charge on any atom is -0.484 e. The number of para-hydroxylation sites is 1. The summed E-state index contributed by atoms with van der Waals surface area (Å²) in [4.78, 5) is 0. The molecule has 2 N–H and O–H groups in total. The Balaban J connectivity index is 1.87. The van der Waals surface area contributed by atoms with Crippen molar-refractivity contribution >= 4 is 27.3 Å². The van der Waals surface area contributed by atoms with Crippen molar-refractivity contribution in [1.82, 2.24) is 14.6 Å². The first kappa shape index (κ1) is 12.0. The second-order valence-electron chi connectivity index (χ2n) is 3.99. The van der Waals surface area contributed by atoms with Crippen LogP contribution < -0.4 is 10.5 Å². The van der Waals surface area contributed by atoms with Gasteiger partial charge in [0.2, 0.25) is 0 Å². The molecule has 0 spiro atoms. The molecule has 0 unspecified atom stereocenters. The molecule has 3 aromatic rings. The molecule has 1 aromatic carbocycles. The predicted octanol–water partition coefficient (Wildman–Crippen LogP) is 2.65. The molecule has 0 atom stereocenters. The van der Waals surface area contributed by atoms with Crippen molar-refractivity contribution in [3.05, 3.63) is 52.9 Å². The predicted molar refractivity (Wildman–Crippen MR) is 75.9 cm³/mol. The van der Waals surface area contributed by atoms with Crippen molar-refractivity contribution in [2.75, 3.05) is 5.73 Å². The lowest BCUT2D eigenvalue weighted by molar-refractivity contribution is 0.292. The Morgan fingerprint density at radius 2 is 2.00 bits per heavy atom. The zero-order valence-electron chi connectivity index (χ0n) is 9.95. The van der Waals surface area contributed by atoms with Gasteiger partial charge in [0.05, 0.1) is 10.2 Å². The lowest BCUT2D eigenvalue weighted by Crippen LogP contribution is -2.02. The van der Waals surface area contributed by atoms with E-state index in [0.717, 1.165) is 10.2 Å². The Morgan fingerprint density at radius 1 is 1.16 bits per heavy atom. The summed E-state index contributed by atoms with van der Waals surface area (Å²) in [5.74, 6) is 1.47. The molecule has 0 aliphatic carbocycles. The quantitative estimate of drug-likeness (QED) is 0.806. The number of aromatic nitrogens is 3. The molecule has 2 heterocycles. The average molecular weight is 319 g/mol. The summed E-state index contributed by atoms with van der Waals surface area (Å²) in [6, 6.07) is 11.3. The molecule has 5 nitrogen and oxygen atoms in total. The third-order valence-corrected chi connectivity index (χ3v) is 3.38. The summed E-state index contributed by atoms with van der Waals surface area (Å²) in [7, 11) is 0. The van der Waals surface area contributed by atoms with Gasteiger partial charge in [-0.05, 0) is 40.2 Å². The number of pyridine rings is 1. The standard InChI is InChI=1S/C13H11BrN4O/c14-9-4-1-2-6-11(9)19-8-12-16-17-13-10(15)5-3-7-18(12)13/h1-7H,8,15H2. The van der Waals surface area contributed by atoms with Gasteiger partial charge in [0.25, 0.3) is 0 Å². The third kappa shape index (κ3) is 2.26. The van der Waals surface area contributed by atoms with E-state index in [-0.39, 0.29) is 0 Å². The van der Waals surface area contributed by atoms with Gasteiger partial charge in [-0.25, -0.2) is 0 Å². The largest absolute Gasteiger partial charge is 0.484 e. The number of anilines is 1. The number of fused-ring (bicyclic) bond motifs is 1. The molecule has 0 aliphatic rings. The van der Waals surface area contributed by atoms with Gasteiger partial charge in [-0.15, -0.1) is 10.2 Å². The molecule has 0 saturated heterocycles. The van der Waals surface area contributed by atoms with Crippen LogP contribution in [-0.4, -0.2) is 14.6 Å². The highest BCUT2D eigenvalue weighted by atomic mass is 79.9. The van der Waals surface area contributed by atoms with E-state index in [1.807, 2.05) is 40.9 Å². The first-order chi connectivity index (χ1) is 9.25. The van der Waals surface area contributed by atoms with Crippen LogP contribution in [0.5, 0.6) is 5.75 Å². The lowest BCUT2D eigenvalue weighted by atomic mass is 10.3. The highest BCUT2D eigenvalue weighted by Crippen LogP contribution is 2.24. The Labute approximate surface area is 118 Å². The first-order valence-corrected chi connectivity index (χ1v) is 6.50. The first-order valence-electron chi connectivity index (χ1n) is 5.71. The SMILES string of the molecule is Nc1cccn2c(COc3ccccc3Br)nnc12. The van der Waals surface area contributed by atoms with Gasteiger partial charge in [-0.3, -0.25) is 4.40 Å². The molecule has 6 heteroatoms. The molecule has 0 fully saturated rings. The normalized spacial score (nSPS) is 10.8. The fourth-order valence-corrected chi connectivity index (χ4v) is 2.19. The van der Waals surface area contributed by atoms with Gasteiger partial charge in [-0.1, -0.05) is 12.1 Å². The van der Waals surface area contributed by atoms with Crippen LogP contribution in [0.25, 0.3) is 5.65 Å². The second kappa shape index (κ2) is 4.89. The maximum absolute atomic E-state index is 5.83. The van der Waals surface area contributed by atoms with Crippen LogP contribution in [0.4, 0.5) is 5.69 Å². The Bertz CT molecular complexity index is 725. The number of benzene rings is 1. The minimum atomic E-state index is 0.327. The van der Waals surface area contributed by atoms with Crippen LogP contribution >= 0.6 is 15.9 Å². The molecule has 3 rings (SSSR count). The highest BCUT2D eigenvalue weighted by Gasteiger charge is 2.08. The van der Waals surface area contributed by atoms with Crippen LogP contribution in [-0.2, 0) is 6.61 Å². The lowest BCUT2D eigenvalue weighted by Gasteiger charge is -2.06. The van der Waals surface area contributed by atoms with E-state index in [2.05, 4.69) is 26.1 Å². The fraction of sp³-hybridized carbons (Fsp3) is 0.0769. The van der Waals surface area contributed by atoms with Crippen molar-refractivity contribution in [3.8, 4) is 5.75 Å². The van der Waals surface area contributed by atoms with Gasteiger partial charge in [0.1, 0.15) is 12.4 Å².